The molecule has 0 bridgehead atoms. The van der Waals surface area contributed by atoms with Crippen LogP contribution in [0.3, 0.4) is 0 Å². The maximum absolute atomic E-state index is 12.4. The van der Waals surface area contributed by atoms with Gasteiger partial charge in [-0.05, 0) is 37.3 Å². The van der Waals surface area contributed by atoms with Gasteiger partial charge in [-0.2, -0.15) is 0 Å². The summed E-state index contributed by atoms with van der Waals surface area (Å²) >= 11 is 7.72. The van der Waals surface area contributed by atoms with Crippen molar-refractivity contribution in [3.63, 3.8) is 0 Å². The van der Waals surface area contributed by atoms with Crippen molar-refractivity contribution in [2.75, 3.05) is 14.1 Å². The molecule has 0 aliphatic rings. The van der Waals surface area contributed by atoms with Gasteiger partial charge in [-0.3, -0.25) is 4.79 Å². The molecule has 0 spiro atoms. The van der Waals surface area contributed by atoms with E-state index in [4.69, 9.17) is 11.6 Å². The fourth-order valence-electron chi connectivity index (χ4n) is 2.59. The first-order chi connectivity index (χ1) is 13.7. The van der Waals surface area contributed by atoms with Crippen molar-refractivity contribution < 1.29 is 13.2 Å². The first kappa shape index (κ1) is 21.4. The number of nitrogens with zero attached hydrogens (tertiary/aromatic N) is 2. The SMILES string of the molecule is Cc1nc(-c2ccccc2Cl)sc1CNC(=O)c1ccc(S(=O)(=O)N(C)C)cc1. The number of thiazole rings is 1. The van der Waals surface area contributed by atoms with Crippen molar-refractivity contribution in [2.24, 2.45) is 0 Å². The Morgan fingerprint density at radius 2 is 1.79 bits per heavy atom. The van der Waals surface area contributed by atoms with Crippen LogP contribution in [0.15, 0.2) is 53.4 Å². The van der Waals surface area contributed by atoms with E-state index in [2.05, 4.69) is 10.3 Å². The van der Waals surface area contributed by atoms with E-state index in [1.807, 2.05) is 31.2 Å². The molecular weight excluding hydrogens is 430 g/mol. The molecule has 1 N–H and O–H groups in total. The predicted octanol–water partition coefficient (Wildman–Crippen LogP) is 3.95. The number of aryl methyl sites for hydroxylation is 1. The van der Waals surface area contributed by atoms with Crippen molar-refractivity contribution >= 4 is 38.9 Å². The molecule has 1 amide bonds. The van der Waals surface area contributed by atoms with Crippen LogP contribution in [0.1, 0.15) is 20.9 Å². The van der Waals surface area contributed by atoms with E-state index in [1.54, 1.807) is 0 Å². The molecule has 0 saturated heterocycles. The van der Waals surface area contributed by atoms with Gasteiger partial charge in [0, 0.05) is 30.1 Å². The van der Waals surface area contributed by atoms with Gasteiger partial charge >= 0.3 is 0 Å². The third-order valence-electron chi connectivity index (χ3n) is 4.30. The lowest BCUT2D eigenvalue weighted by molar-refractivity contribution is 0.0951. The number of rotatable bonds is 6. The summed E-state index contributed by atoms with van der Waals surface area (Å²) in [6.07, 6.45) is 0. The number of carbonyl (C=O) groups is 1. The van der Waals surface area contributed by atoms with Crippen LogP contribution in [-0.2, 0) is 16.6 Å². The number of hydrogen-bond acceptors (Lipinski definition) is 5. The minimum atomic E-state index is -3.52. The zero-order valence-corrected chi connectivity index (χ0v) is 18.5. The highest BCUT2D eigenvalue weighted by Gasteiger charge is 2.18. The molecular formula is C20H20ClN3O3S2. The third kappa shape index (κ3) is 4.67. The van der Waals surface area contributed by atoms with E-state index in [9.17, 15) is 13.2 Å². The van der Waals surface area contributed by atoms with Crippen molar-refractivity contribution in [3.8, 4) is 10.6 Å². The predicted molar refractivity (Wildman–Crippen MR) is 116 cm³/mol. The highest BCUT2D eigenvalue weighted by Crippen LogP contribution is 2.32. The number of sulfonamides is 1. The molecule has 0 unspecified atom stereocenters. The lowest BCUT2D eigenvalue weighted by Gasteiger charge is -2.11. The van der Waals surface area contributed by atoms with E-state index >= 15 is 0 Å². The Kier molecular flexibility index (Phi) is 6.38. The fraction of sp³-hybridized carbons (Fsp3) is 0.200. The Labute approximate surface area is 179 Å². The number of amides is 1. The van der Waals surface area contributed by atoms with Crippen LogP contribution in [0.5, 0.6) is 0 Å². The maximum Gasteiger partial charge on any atom is 0.251 e. The highest BCUT2D eigenvalue weighted by molar-refractivity contribution is 7.89. The van der Waals surface area contributed by atoms with Gasteiger partial charge < -0.3 is 5.32 Å². The molecule has 0 atom stereocenters. The normalized spacial score (nSPS) is 11.6. The molecule has 0 saturated carbocycles. The van der Waals surface area contributed by atoms with Gasteiger partial charge in [-0.25, -0.2) is 17.7 Å². The summed E-state index contributed by atoms with van der Waals surface area (Å²) in [5.74, 6) is -0.286. The van der Waals surface area contributed by atoms with E-state index in [0.29, 0.717) is 17.1 Å². The monoisotopic (exact) mass is 449 g/mol. The molecule has 1 heterocycles. The van der Waals surface area contributed by atoms with E-state index in [0.717, 1.165) is 25.4 Å². The Balaban J connectivity index is 1.71. The van der Waals surface area contributed by atoms with Crippen molar-refractivity contribution in [1.29, 1.82) is 0 Å². The molecule has 0 radical (unpaired) electrons. The zero-order valence-electron chi connectivity index (χ0n) is 16.1. The number of aromatic nitrogens is 1. The standard InChI is InChI=1S/C20H20ClN3O3S2/c1-13-18(28-20(23-13)16-6-4-5-7-17(16)21)12-22-19(25)14-8-10-15(11-9-14)29(26,27)24(2)3/h4-11H,12H2,1-3H3,(H,22,25). The van der Waals surface area contributed by atoms with E-state index < -0.39 is 10.0 Å². The first-order valence-corrected chi connectivity index (χ1v) is 11.4. The number of nitrogens with one attached hydrogen (secondary N) is 1. The Morgan fingerprint density at radius 3 is 2.41 bits per heavy atom. The van der Waals surface area contributed by atoms with Crippen molar-refractivity contribution in [1.82, 2.24) is 14.6 Å². The van der Waals surface area contributed by atoms with Gasteiger partial charge in [0.05, 0.1) is 22.2 Å². The summed E-state index contributed by atoms with van der Waals surface area (Å²) in [4.78, 5) is 18.1. The Morgan fingerprint density at radius 1 is 1.14 bits per heavy atom. The lowest BCUT2D eigenvalue weighted by Crippen LogP contribution is -2.24. The van der Waals surface area contributed by atoms with Gasteiger partial charge in [0.15, 0.2) is 0 Å². The van der Waals surface area contributed by atoms with Gasteiger partial charge in [0.1, 0.15) is 5.01 Å². The summed E-state index contributed by atoms with van der Waals surface area (Å²) in [6.45, 7) is 2.21. The van der Waals surface area contributed by atoms with Gasteiger partial charge in [-0.15, -0.1) is 11.3 Å². The van der Waals surface area contributed by atoms with Crippen molar-refractivity contribution in [3.05, 3.63) is 69.7 Å². The minimum absolute atomic E-state index is 0.140. The number of hydrogen-bond donors (Lipinski definition) is 1. The first-order valence-electron chi connectivity index (χ1n) is 8.72. The zero-order chi connectivity index (χ0) is 21.2. The minimum Gasteiger partial charge on any atom is -0.347 e. The maximum atomic E-state index is 12.4. The summed E-state index contributed by atoms with van der Waals surface area (Å²) in [5.41, 5.74) is 2.08. The summed E-state index contributed by atoms with van der Waals surface area (Å²) in [5, 5.41) is 4.29. The number of halogens is 1. The van der Waals surface area contributed by atoms with E-state index in [-0.39, 0.29) is 10.8 Å². The van der Waals surface area contributed by atoms with Crippen LogP contribution < -0.4 is 5.32 Å². The smallest absolute Gasteiger partial charge is 0.251 e. The van der Waals surface area contributed by atoms with Gasteiger partial charge in [0.25, 0.3) is 5.91 Å². The molecule has 3 aromatic rings. The molecule has 6 nitrogen and oxygen atoms in total. The van der Waals surface area contributed by atoms with Crippen LogP contribution in [0, 0.1) is 6.92 Å². The molecule has 9 heteroatoms. The molecule has 3 rings (SSSR count). The summed E-state index contributed by atoms with van der Waals surface area (Å²) in [7, 11) is -0.598. The molecule has 0 aliphatic heterocycles. The quantitative estimate of drug-likeness (QED) is 0.617. The topological polar surface area (TPSA) is 79.4 Å². The Bertz CT molecular complexity index is 1140. The second kappa shape index (κ2) is 8.62. The van der Waals surface area contributed by atoms with Gasteiger partial charge in [0.2, 0.25) is 10.0 Å². The molecule has 0 fully saturated rings. The van der Waals surface area contributed by atoms with Crippen molar-refractivity contribution in [2.45, 2.75) is 18.4 Å². The van der Waals surface area contributed by atoms with Crippen LogP contribution in [-0.4, -0.2) is 37.7 Å². The van der Waals surface area contributed by atoms with Crippen LogP contribution in [0.4, 0.5) is 0 Å². The molecule has 2 aromatic carbocycles. The molecule has 0 aliphatic carbocycles. The second-order valence-corrected chi connectivity index (χ2v) is 10.1. The second-order valence-electron chi connectivity index (χ2n) is 6.50. The third-order valence-corrected chi connectivity index (χ3v) is 7.65. The molecule has 29 heavy (non-hydrogen) atoms. The lowest BCUT2D eigenvalue weighted by atomic mass is 10.2. The molecule has 152 valence electrons. The summed E-state index contributed by atoms with van der Waals surface area (Å²) < 4.78 is 25.4. The van der Waals surface area contributed by atoms with Crippen LogP contribution in [0.2, 0.25) is 5.02 Å². The largest absolute Gasteiger partial charge is 0.347 e. The molecule has 1 aromatic heterocycles. The summed E-state index contributed by atoms with van der Waals surface area (Å²) in [6, 6.07) is 13.3. The number of benzene rings is 2. The number of carbonyl (C=O) groups excluding carboxylic acids is 1. The average molecular weight is 450 g/mol. The fourth-order valence-corrected chi connectivity index (χ4v) is 4.82. The van der Waals surface area contributed by atoms with E-state index in [1.165, 1.54) is 49.7 Å². The average Bonchev–Trinajstić information content (AvgIpc) is 3.06. The van der Waals surface area contributed by atoms with Gasteiger partial charge in [-0.1, -0.05) is 29.8 Å². The Hall–Kier alpha value is -2.26. The van der Waals surface area contributed by atoms with Crippen LogP contribution in [0.25, 0.3) is 10.6 Å². The van der Waals surface area contributed by atoms with Crippen LogP contribution >= 0.6 is 22.9 Å². The highest BCUT2D eigenvalue weighted by atomic mass is 35.5.